The Morgan fingerprint density at radius 3 is 2.69 bits per heavy atom. The SMILES string of the molecule is CSc1c(C#N)cccc1C(C)O. The fourth-order valence-electron chi connectivity index (χ4n) is 1.20. The maximum atomic E-state index is 9.43. The highest BCUT2D eigenvalue weighted by molar-refractivity contribution is 7.98. The molecule has 1 aromatic rings. The van der Waals surface area contributed by atoms with Crippen LogP contribution in [0.4, 0.5) is 0 Å². The van der Waals surface area contributed by atoms with Gasteiger partial charge in [0.2, 0.25) is 0 Å². The van der Waals surface area contributed by atoms with Gasteiger partial charge in [-0.15, -0.1) is 11.8 Å². The highest BCUT2D eigenvalue weighted by Crippen LogP contribution is 2.28. The van der Waals surface area contributed by atoms with Crippen LogP contribution in [0.3, 0.4) is 0 Å². The van der Waals surface area contributed by atoms with Gasteiger partial charge < -0.3 is 5.11 Å². The van der Waals surface area contributed by atoms with Gasteiger partial charge in [-0.25, -0.2) is 0 Å². The van der Waals surface area contributed by atoms with Gasteiger partial charge >= 0.3 is 0 Å². The normalized spacial score (nSPS) is 12.2. The van der Waals surface area contributed by atoms with Crippen LogP contribution in [0.15, 0.2) is 23.1 Å². The number of aliphatic hydroxyl groups excluding tert-OH is 1. The van der Waals surface area contributed by atoms with Gasteiger partial charge in [-0.05, 0) is 24.8 Å². The van der Waals surface area contributed by atoms with E-state index in [0.29, 0.717) is 5.56 Å². The molecule has 0 aliphatic carbocycles. The van der Waals surface area contributed by atoms with Crippen LogP contribution in [0.5, 0.6) is 0 Å². The number of hydrogen-bond acceptors (Lipinski definition) is 3. The molecule has 1 N–H and O–H groups in total. The van der Waals surface area contributed by atoms with Crippen molar-refractivity contribution in [1.29, 1.82) is 5.26 Å². The molecule has 0 aliphatic heterocycles. The van der Waals surface area contributed by atoms with E-state index in [2.05, 4.69) is 6.07 Å². The number of hydrogen-bond donors (Lipinski definition) is 1. The molecule has 0 fully saturated rings. The molecule has 0 amide bonds. The number of benzene rings is 1. The lowest BCUT2D eigenvalue weighted by molar-refractivity contribution is 0.196. The van der Waals surface area contributed by atoms with Crippen molar-refractivity contribution in [3.05, 3.63) is 29.3 Å². The molecule has 0 saturated carbocycles. The fourth-order valence-corrected chi connectivity index (χ4v) is 2.01. The Hall–Kier alpha value is -0.980. The van der Waals surface area contributed by atoms with E-state index in [9.17, 15) is 5.11 Å². The minimum Gasteiger partial charge on any atom is -0.389 e. The van der Waals surface area contributed by atoms with Crippen LogP contribution in [0.2, 0.25) is 0 Å². The van der Waals surface area contributed by atoms with E-state index in [4.69, 9.17) is 5.26 Å². The molecule has 0 heterocycles. The first-order valence-corrected chi connectivity index (χ1v) is 5.18. The maximum absolute atomic E-state index is 9.43. The van der Waals surface area contributed by atoms with Crippen LogP contribution in [0, 0.1) is 11.3 Å². The number of nitriles is 1. The molecule has 1 atom stereocenters. The summed E-state index contributed by atoms with van der Waals surface area (Å²) in [6, 6.07) is 7.51. The third-order valence-corrected chi connectivity index (χ3v) is 2.68. The van der Waals surface area contributed by atoms with E-state index in [-0.39, 0.29) is 0 Å². The molecular formula is C10H11NOS. The topological polar surface area (TPSA) is 44.0 Å². The van der Waals surface area contributed by atoms with Crippen molar-refractivity contribution in [2.45, 2.75) is 17.9 Å². The Morgan fingerprint density at radius 2 is 2.23 bits per heavy atom. The molecule has 0 spiro atoms. The Balaban J connectivity index is 3.29. The summed E-state index contributed by atoms with van der Waals surface area (Å²) in [6.45, 7) is 1.70. The summed E-state index contributed by atoms with van der Waals surface area (Å²) in [5, 5.41) is 18.2. The van der Waals surface area contributed by atoms with Crippen molar-refractivity contribution < 1.29 is 5.11 Å². The van der Waals surface area contributed by atoms with Crippen molar-refractivity contribution in [1.82, 2.24) is 0 Å². The number of nitrogens with zero attached hydrogens (tertiary/aromatic N) is 1. The third-order valence-electron chi connectivity index (χ3n) is 1.82. The van der Waals surface area contributed by atoms with Crippen LogP contribution >= 0.6 is 11.8 Å². The lowest BCUT2D eigenvalue weighted by Gasteiger charge is -2.10. The lowest BCUT2D eigenvalue weighted by atomic mass is 10.1. The molecule has 68 valence electrons. The van der Waals surface area contributed by atoms with Gasteiger partial charge in [0.15, 0.2) is 0 Å². The molecule has 1 unspecified atom stereocenters. The van der Waals surface area contributed by atoms with Gasteiger partial charge in [0, 0.05) is 4.90 Å². The van der Waals surface area contributed by atoms with Crippen molar-refractivity contribution in [2.24, 2.45) is 0 Å². The molecule has 3 heteroatoms. The van der Waals surface area contributed by atoms with E-state index in [1.807, 2.05) is 12.3 Å². The Bertz CT molecular complexity index is 341. The smallest absolute Gasteiger partial charge is 0.100 e. The Labute approximate surface area is 82.2 Å². The van der Waals surface area contributed by atoms with Crippen LogP contribution in [0.25, 0.3) is 0 Å². The summed E-state index contributed by atoms with van der Waals surface area (Å²) in [6.07, 6.45) is 1.39. The molecule has 1 aromatic carbocycles. The van der Waals surface area contributed by atoms with Gasteiger partial charge in [-0.1, -0.05) is 12.1 Å². The van der Waals surface area contributed by atoms with E-state index < -0.39 is 6.10 Å². The van der Waals surface area contributed by atoms with E-state index in [1.165, 1.54) is 11.8 Å². The number of rotatable bonds is 2. The van der Waals surface area contributed by atoms with Gasteiger partial charge in [-0.3, -0.25) is 0 Å². The Kier molecular flexibility index (Phi) is 3.35. The van der Waals surface area contributed by atoms with E-state index in [0.717, 1.165) is 10.5 Å². The van der Waals surface area contributed by atoms with Crippen LogP contribution in [-0.2, 0) is 0 Å². The summed E-state index contributed by atoms with van der Waals surface area (Å²) in [7, 11) is 0. The monoisotopic (exact) mass is 193 g/mol. The summed E-state index contributed by atoms with van der Waals surface area (Å²) >= 11 is 1.49. The number of aliphatic hydroxyl groups is 1. The highest BCUT2D eigenvalue weighted by Gasteiger charge is 2.10. The third kappa shape index (κ3) is 2.03. The predicted octanol–water partition coefficient (Wildman–Crippen LogP) is 2.33. The zero-order valence-corrected chi connectivity index (χ0v) is 8.43. The largest absolute Gasteiger partial charge is 0.389 e. The molecule has 0 saturated heterocycles. The summed E-state index contributed by atoms with van der Waals surface area (Å²) in [4.78, 5) is 0.875. The molecule has 0 radical (unpaired) electrons. The highest BCUT2D eigenvalue weighted by atomic mass is 32.2. The first-order valence-electron chi connectivity index (χ1n) is 3.95. The van der Waals surface area contributed by atoms with Gasteiger partial charge in [-0.2, -0.15) is 5.26 Å². The maximum Gasteiger partial charge on any atom is 0.100 e. The van der Waals surface area contributed by atoms with Gasteiger partial charge in [0.1, 0.15) is 6.07 Å². The van der Waals surface area contributed by atoms with Gasteiger partial charge in [0.25, 0.3) is 0 Å². The molecule has 0 aromatic heterocycles. The van der Waals surface area contributed by atoms with Crippen LogP contribution < -0.4 is 0 Å². The second-order valence-electron chi connectivity index (χ2n) is 2.72. The first-order chi connectivity index (χ1) is 6.20. The standard InChI is InChI=1S/C10H11NOS/c1-7(12)9-5-3-4-8(6-11)10(9)13-2/h3-5,7,12H,1-2H3. The van der Waals surface area contributed by atoms with Crippen molar-refractivity contribution in [3.8, 4) is 6.07 Å². The molecule has 0 bridgehead atoms. The lowest BCUT2D eigenvalue weighted by Crippen LogP contribution is -1.95. The minimum atomic E-state index is -0.518. The predicted molar refractivity (Wildman–Crippen MR) is 53.6 cm³/mol. The summed E-state index contributed by atoms with van der Waals surface area (Å²) in [5.41, 5.74) is 1.46. The number of thioether (sulfide) groups is 1. The zero-order valence-electron chi connectivity index (χ0n) is 7.61. The quantitative estimate of drug-likeness (QED) is 0.733. The molecular weight excluding hydrogens is 182 g/mol. The zero-order chi connectivity index (χ0) is 9.84. The van der Waals surface area contributed by atoms with E-state index >= 15 is 0 Å². The van der Waals surface area contributed by atoms with Crippen molar-refractivity contribution in [3.63, 3.8) is 0 Å². The second kappa shape index (κ2) is 4.31. The molecule has 13 heavy (non-hydrogen) atoms. The minimum absolute atomic E-state index is 0.518. The van der Waals surface area contributed by atoms with E-state index in [1.54, 1.807) is 19.1 Å². The summed E-state index contributed by atoms with van der Waals surface area (Å²) < 4.78 is 0. The molecule has 2 nitrogen and oxygen atoms in total. The Morgan fingerprint density at radius 1 is 1.54 bits per heavy atom. The average Bonchev–Trinajstić information content (AvgIpc) is 2.16. The van der Waals surface area contributed by atoms with Crippen LogP contribution in [-0.4, -0.2) is 11.4 Å². The van der Waals surface area contributed by atoms with Crippen LogP contribution in [0.1, 0.15) is 24.2 Å². The first kappa shape index (κ1) is 10.1. The average molecular weight is 193 g/mol. The molecule has 1 rings (SSSR count). The summed E-state index contributed by atoms with van der Waals surface area (Å²) in [5.74, 6) is 0. The van der Waals surface area contributed by atoms with Crippen molar-refractivity contribution >= 4 is 11.8 Å². The van der Waals surface area contributed by atoms with Crippen molar-refractivity contribution in [2.75, 3.05) is 6.26 Å². The fraction of sp³-hybridized carbons (Fsp3) is 0.300. The van der Waals surface area contributed by atoms with Gasteiger partial charge in [0.05, 0.1) is 11.7 Å². The molecule has 0 aliphatic rings. The second-order valence-corrected chi connectivity index (χ2v) is 3.53.